The lowest BCUT2D eigenvalue weighted by molar-refractivity contribution is 0.322. The van der Waals surface area contributed by atoms with Crippen molar-refractivity contribution >= 4 is 27.8 Å². The maximum Gasteiger partial charge on any atom is 0.197 e. The van der Waals surface area contributed by atoms with Crippen molar-refractivity contribution in [2.45, 2.75) is 13.1 Å². The third-order valence-corrected chi connectivity index (χ3v) is 3.78. The number of anilines is 1. The van der Waals surface area contributed by atoms with Crippen LogP contribution in [0.2, 0.25) is 0 Å². The highest BCUT2D eigenvalue weighted by Crippen LogP contribution is 2.19. The second-order valence-electron chi connectivity index (χ2n) is 3.58. The van der Waals surface area contributed by atoms with Gasteiger partial charge in [-0.2, -0.15) is 11.3 Å². The molecule has 16 heavy (non-hydrogen) atoms. The summed E-state index contributed by atoms with van der Waals surface area (Å²) in [6, 6.07) is 2.15. The Hall–Kier alpha value is -0.950. The van der Waals surface area contributed by atoms with Crippen LogP contribution in [0, 0.1) is 0 Å². The maximum atomic E-state index is 5.29. The van der Waals surface area contributed by atoms with E-state index in [0.717, 1.165) is 18.2 Å². The van der Waals surface area contributed by atoms with E-state index in [1.54, 1.807) is 22.7 Å². The van der Waals surface area contributed by atoms with Crippen LogP contribution in [-0.4, -0.2) is 16.9 Å². The number of hydrogen-bond donors (Lipinski definition) is 2. The van der Waals surface area contributed by atoms with E-state index < -0.39 is 0 Å². The summed E-state index contributed by atoms with van der Waals surface area (Å²) in [4.78, 5) is 7.62. The molecule has 86 valence electrons. The Morgan fingerprint density at radius 3 is 3.00 bits per heavy atom. The number of nitrogen functional groups attached to an aromatic ring is 1. The van der Waals surface area contributed by atoms with Crippen LogP contribution in [0.3, 0.4) is 0 Å². The van der Waals surface area contributed by atoms with Gasteiger partial charge >= 0.3 is 0 Å². The largest absolute Gasteiger partial charge is 0.300 e. The molecule has 0 amide bonds. The first-order chi connectivity index (χ1) is 7.78. The van der Waals surface area contributed by atoms with E-state index in [4.69, 9.17) is 5.84 Å². The summed E-state index contributed by atoms with van der Waals surface area (Å²) in [5.74, 6) is 5.29. The highest BCUT2D eigenvalue weighted by molar-refractivity contribution is 7.15. The number of thiophene rings is 1. The standard InChI is InChI=1S/C10H14N4S2/c1-14(5-8-2-3-15-7-8)6-9-4-12-10(13-11)16-9/h2-4,7H,5-6,11H2,1H3,(H,12,13). The Balaban J connectivity index is 1.89. The van der Waals surface area contributed by atoms with Crippen molar-refractivity contribution in [3.8, 4) is 0 Å². The van der Waals surface area contributed by atoms with E-state index in [0.29, 0.717) is 0 Å². The number of thiazole rings is 1. The molecule has 2 aromatic heterocycles. The van der Waals surface area contributed by atoms with Crippen molar-refractivity contribution in [2.24, 2.45) is 5.84 Å². The fraction of sp³-hybridized carbons (Fsp3) is 0.300. The third-order valence-electron chi connectivity index (χ3n) is 2.14. The molecule has 3 N–H and O–H groups in total. The lowest BCUT2D eigenvalue weighted by Crippen LogP contribution is -2.15. The quantitative estimate of drug-likeness (QED) is 0.634. The SMILES string of the molecule is CN(Cc1ccsc1)Cc1cnc(NN)s1. The number of nitrogens with one attached hydrogen (secondary N) is 1. The van der Waals surface area contributed by atoms with Gasteiger partial charge in [0, 0.05) is 24.2 Å². The van der Waals surface area contributed by atoms with Crippen LogP contribution in [0.5, 0.6) is 0 Å². The molecule has 0 saturated carbocycles. The van der Waals surface area contributed by atoms with E-state index in [1.165, 1.54) is 10.4 Å². The lowest BCUT2D eigenvalue weighted by Gasteiger charge is -2.13. The van der Waals surface area contributed by atoms with Crippen molar-refractivity contribution in [3.63, 3.8) is 0 Å². The van der Waals surface area contributed by atoms with E-state index >= 15 is 0 Å². The molecule has 0 aliphatic carbocycles. The van der Waals surface area contributed by atoms with Crippen LogP contribution >= 0.6 is 22.7 Å². The first-order valence-corrected chi connectivity index (χ1v) is 6.65. The van der Waals surface area contributed by atoms with E-state index in [2.05, 4.69) is 39.2 Å². The third kappa shape index (κ3) is 3.02. The minimum atomic E-state index is 0.763. The van der Waals surface area contributed by atoms with Gasteiger partial charge in [-0.25, -0.2) is 10.8 Å². The Bertz CT molecular complexity index is 424. The molecule has 0 aliphatic rings. The van der Waals surface area contributed by atoms with Crippen LogP contribution in [0.1, 0.15) is 10.4 Å². The molecule has 0 fully saturated rings. The minimum Gasteiger partial charge on any atom is -0.300 e. The summed E-state index contributed by atoms with van der Waals surface area (Å²) in [6.45, 7) is 1.86. The summed E-state index contributed by atoms with van der Waals surface area (Å²) >= 11 is 3.32. The molecule has 2 rings (SSSR count). The molecule has 0 aliphatic heterocycles. The number of nitrogens with two attached hydrogens (primary N) is 1. The van der Waals surface area contributed by atoms with E-state index in [1.807, 2.05) is 6.20 Å². The Morgan fingerprint density at radius 2 is 2.38 bits per heavy atom. The fourth-order valence-corrected chi connectivity index (χ4v) is 2.93. The Kier molecular flexibility index (Phi) is 3.89. The normalized spacial score (nSPS) is 10.9. The average molecular weight is 254 g/mol. The Morgan fingerprint density at radius 1 is 1.50 bits per heavy atom. The van der Waals surface area contributed by atoms with E-state index in [9.17, 15) is 0 Å². The van der Waals surface area contributed by atoms with Crippen molar-refractivity contribution in [1.29, 1.82) is 0 Å². The minimum absolute atomic E-state index is 0.763. The van der Waals surface area contributed by atoms with Gasteiger partial charge < -0.3 is 0 Å². The molecule has 0 saturated heterocycles. The molecule has 2 heterocycles. The predicted molar refractivity (Wildman–Crippen MR) is 69.4 cm³/mol. The van der Waals surface area contributed by atoms with E-state index in [-0.39, 0.29) is 0 Å². The number of hydrazine groups is 1. The second kappa shape index (κ2) is 5.40. The molecule has 6 heteroatoms. The van der Waals surface area contributed by atoms with Gasteiger partial charge in [-0.05, 0) is 29.4 Å². The zero-order chi connectivity index (χ0) is 11.4. The maximum absolute atomic E-state index is 5.29. The number of aromatic nitrogens is 1. The molecule has 0 bridgehead atoms. The second-order valence-corrected chi connectivity index (χ2v) is 5.48. The van der Waals surface area contributed by atoms with Crippen molar-refractivity contribution in [2.75, 3.05) is 12.5 Å². The zero-order valence-electron chi connectivity index (χ0n) is 9.01. The highest BCUT2D eigenvalue weighted by Gasteiger charge is 2.05. The molecule has 2 aromatic rings. The molecule has 0 radical (unpaired) electrons. The first kappa shape index (κ1) is 11.5. The molecule has 4 nitrogen and oxygen atoms in total. The van der Waals surface area contributed by atoms with Crippen LogP contribution in [0.4, 0.5) is 5.13 Å². The number of nitrogens with zero attached hydrogens (tertiary/aromatic N) is 2. The zero-order valence-corrected chi connectivity index (χ0v) is 10.6. The summed E-state index contributed by atoms with van der Waals surface area (Å²) in [5, 5.41) is 5.04. The average Bonchev–Trinajstić information content (AvgIpc) is 2.89. The van der Waals surface area contributed by atoms with Crippen LogP contribution < -0.4 is 11.3 Å². The van der Waals surface area contributed by atoms with Gasteiger partial charge in [0.2, 0.25) is 0 Å². The van der Waals surface area contributed by atoms with Crippen LogP contribution in [0.25, 0.3) is 0 Å². The Labute approximate surface area is 103 Å². The molecule has 0 atom stereocenters. The lowest BCUT2D eigenvalue weighted by atomic mass is 10.3. The van der Waals surface area contributed by atoms with Gasteiger partial charge in [0.05, 0.1) is 0 Å². The van der Waals surface area contributed by atoms with Gasteiger partial charge in [0.15, 0.2) is 5.13 Å². The van der Waals surface area contributed by atoms with Crippen molar-refractivity contribution < 1.29 is 0 Å². The molecular weight excluding hydrogens is 240 g/mol. The smallest absolute Gasteiger partial charge is 0.197 e. The first-order valence-electron chi connectivity index (χ1n) is 4.89. The van der Waals surface area contributed by atoms with Crippen molar-refractivity contribution in [1.82, 2.24) is 9.88 Å². The monoisotopic (exact) mass is 254 g/mol. The fourth-order valence-electron chi connectivity index (χ4n) is 1.46. The predicted octanol–water partition coefficient (Wildman–Crippen LogP) is 2.12. The summed E-state index contributed by atoms with van der Waals surface area (Å²) < 4.78 is 0. The van der Waals surface area contributed by atoms with Gasteiger partial charge in [0.25, 0.3) is 0 Å². The van der Waals surface area contributed by atoms with Crippen LogP contribution in [-0.2, 0) is 13.1 Å². The van der Waals surface area contributed by atoms with Gasteiger partial charge in [-0.3, -0.25) is 10.3 Å². The summed E-state index contributed by atoms with van der Waals surface area (Å²) in [6.07, 6.45) is 1.87. The molecule has 0 aromatic carbocycles. The number of hydrogen-bond acceptors (Lipinski definition) is 6. The highest BCUT2D eigenvalue weighted by atomic mass is 32.1. The topological polar surface area (TPSA) is 54.2 Å². The van der Waals surface area contributed by atoms with Crippen LogP contribution in [0.15, 0.2) is 23.0 Å². The van der Waals surface area contributed by atoms with Gasteiger partial charge in [-0.1, -0.05) is 11.3 Å². The summed E-state index contributed by atoms with van der Waals surface area (Å²) in [7, 11) is 2.10. The van der Waals surface area contributed by atoms with Gasteiger partial charge in [0.1, 0.15) is 0 Å². The summed E-state index contributed by atoms with van der Waals surface area (Å²) in [5.41, 5.74) is 3.91. The number of rotatable bonds is 5. The van der Waals surface area contributed by atoms with Gasteiger partial charge in [-0.15, -0.1) is 0 Å². The molecule has 0 spiro atoms. The van der Waals surface area contributed by atoms with Crippen molar-refractivity contribution in [3.05, 3.63) is 33.5 Å². The molecule has 0 unspecified atom stereocenters. The molecular formula is C10H14N4S2.